The Hall–Kier alpha value is -2.36. The number of nitrogens with one attached hydrogen (secondary N) is 1. The Balaban J connectivity index is 1.55. The number of hydrogen-bond acceptors (Lipinski definition) is 4. The van der Waals surface area contributed by atoms with Crippen molar-refractivity contribution < 1.29 is 9.47 Å². The van der Waals surface area contributed by atoms with Gasteiger partial charge in [-0.3, -0.25) is 0 Å². The lowest BCUT2D eigenvalue weighted by atomic mass is 10.0. The summed E-state index contributed by atoms with van der Waals surface area (Å²) in [4.78, 5) is 2.43. The molecule has 1 fully saturated rings. The Kier molecular flexibility index (Phi) is 4.91. The molecule has 1 N–H and O–H groups in total. The number of piperidine rings is 1. The summed E-state index contributed by atoms with van der Waals surface area (Å²) in [5, 5.41) is 3.62. The van der Waals surface area contributed by atoms with Crippen LogP contribution in [0.25, 0.3) is 0 Å². The van der Waals surface area contributed by atoms with E-state index in [1.54, 1.807) is 14.2 Å². The van der Waals surface area contributed by atoms with Crippen molar-refractivity contribution in [2.45, 2.75) is 18.9 Å². The van der Waals surface area contributed by atoms with Gasteiger partial charge in [-0.25, -0.2) is 0 Å². The fraction of sp³-hybridized carbons (Fsp3) is 0.368. The highest BCUT2D eigenvalue weighted by atomic mass is 16.5. The molecule has 0 atom stereocenters. The first-order chi connectivity index (χ1) is 11.3. The summed E-state index contributed by atoms with van der Waals surface area (Å²) in [6.45, 7) is 2.13. The number of methoxy groups -OCH3 is 2. The van der Waals surface area contributed by atoms with Crippen LogP contribution in [-0.4, -0.2) is 33.4 Å². The van der Waals surface area contributed by atoms with E-state index in [4.69, 9.17) is 9.47 Å². The lowest BCUT2D eigenvalue weighted by Crippen LogP contribution is -2.39. The van der Waals surface area contributed by atoms with Crippen molar-refractivity contribution >= 4 is 11.4 Å². The van der Waals surface area contributed by atoms with Crippen LogP contribution in [0.2, 0.25) is 0 Å². The number of hydrogen-bond donors (Lipinski definition) is 1. The summed E-state index contributed by atoms with van der Waals surface area (Å²) in [6, 6.07) is 17.0. The first-order valence-corrected chi connectivity index (χ1v) is 8.08. The van der Waals surface area contributed by atoms with E-state index < -0.39 is 0 Å². The van der Waals surface area contributed by atoms with Crippen LogP contribution >= 0.6 is 0 Å². The largest absolute Gasteiger partial charge is 0.497 e. The van der Waals surface area contributed by atoms with Crippen molar-refractivity contribution in [1.29, 1.82) is 0 Å². The maximum atomic E-state index is 5.28. The Morgan fingerprint density at radius 3 is 2.26 bits per heavy atom. The van der Waals surface area contributed by atoms with Crippen LogP contribution in [-0.2, 0) is 0 Å². The van der Waals surface area contributed by atoms with Gasteiger partial charge in [0.25, 0.3) is 0 Å². The van der Waals surface area contributed by atoms with E-state index >= 15 is 0 Å². The number of rotatable bonds is 5. The highest BCUT2D eigenvalue weighted by molar-refractivity contribution is 5.51. The molecule has 0 saturated carbocycles. The van der Waals surface area contributed by atoms with Crippen molar-refractivity contribution in [2.24, 2.45) is 0 Å². The van der Waals surface area contributed by atoms with Gasteiger partial charge in [0.1, 0.15) is 11.5 Å². The molecule has 1 aliphatic rings. The van der Waals surface area contributed by atoms with Crippen LogP contribution in [0.4, 0.5) is 11.4 Å². The molecular weight excluding hydrogens is 288 g/mol. The molecule has 2 aromatic carbocycles. The predicted octanol–water partition coefficient (Wildman–Crippen LogP) is 3.78. The minimum Gasteiger partial charge on any atom is -0.497 e. The topological polar surface area (TPSA) is 33.7 Å². The highest BCUT2D eigenvalue weighted by Crippen LogP contribution is 2.25. The third kappa shape index (κ3) is 3.89. The maximum absolute atomic E-state index is 5.28. The van der Waals surface area contributed by atoms with Gasteiger partial charge in [-0.05, 0) is 49.2 Å². The fourth-order valence-corrected chi connectivity index (χ4v) is 3.02. The van der Waals surface area contributed by atoms with Crippen molar-refractivity contribution in [3.8, 4) is 11.5 Å². The monoisotopic (exact) mass is 312 g/mol. The number of ether oxygens (including phenoxy) is 2. The lowest BCUT2D eigenvalue weighted by molar-refractivity contribution is 0.414. The molecule has 2 aromatic rings. The van der Waals surface area contributed by atoms with Gasteiger partial charge < -0.3 is 19.7 Å². The second kappa shape index (κ2) is 7.27. The molecular formula is C19H24N2O2. The molecule has 0 amide bonds. The van der Waals surface area contributed by atoms with Gasteiger partial charge in [-0.1, -0.05) is 6.07 Å². The first kappa shape index (κ1) is 15.5. The van der Waals surface area contributed by atoms with Crippen LogP contribution in [0.1, 0.15) is 12.8 Å². The molecule has 4 nitrogen and oxygen atoms in total. The minimum absolute atomic E-state index is 0.511. The van der Waals surface area contributed by atoms with E-state index in [9.17, 15) is 0 Å². The molecule has 0 bridgehead atoms. The zero-order valence-corrected chi connectivity index (χ0v) is 13.8. The predicted molar refractivity (Wildman–Crippen MR) is 94.8 cm³/mol. The molecule has 0 aromatic heterocycles. The molecule has 0 radical (unpaired) electrons. The van der Waals surface area contributed by atoms with E-state index in [2.05, 4.69) is 34.5 Å². The second-order valence-corrected chi connectivity index (χ2v) is 5.84. The molecule has 0 spiro atoms. The van der Waals surface area contributed by atoms with Crippen LogP contribution in [0.15, 0.2) is 48.5 Å². The van der Waals surface area contributed by atoms with Crippen LogP contribution in [0, 0.1) is 0 Å². The second-order valence-electron chi connectivity index (χ2n) is 5.84. The van der Waals surface area contributed by atoms with E-state index in [0.29, 0.717) is 6.04 Å². The maximum Gasteiger partial charge on any atom is 0.120 e. The average Bonchev–Trinajstić information content (AvgIpc) is 2.63. The number of benzene rings is 2. The summed E-state index contributed by atoms with van der Waals surface area (Å²) >= 11 is 0. The van der Waals surface area contributed by atoms with Gasteiger partial charge in [-0.2, -0.15) is 0 Å². The molecule has 0 unspecified atom stereocenters. The zero-order valence-electron chi connectivity index (χ0n) is 13.8. The Labute approximate surface area is 138 Å². The molecule has 122 valence electrons. The van der Waals surface area contributed by atoms with Crippen molar-refractivity contribution in [3.63, 3.8) is 0 Å². The van der Waals surface area contributed by atoms with Crippen molar-refractivity contribution in [2.75, 3.05) is 37.5 Å². The fourth-order valence-electron chi connectivity index (χ4n) is 3.02. The van der Waals surface area contributed by atoms with E-state index in [0.717, 1.165) is 43.1 Å². The SMILES string of the molecule is COc1ccc(N2CCC(Nc3cccc(OC)c3)CC2)cc1. The third-order valence-corrected chi connectivity index (χ3v) is 4.37. The van der Waals surface area contributed by atoms with Gasteiger partial charge in [0.05, 0.1) is 14.2 Å². The number of anilines is 2. The smallest absolute Gasteiger partial charge is 0.120 e. The van der Waals surface area contributed by atoms with Gasteiger partial charge in [0.2, 0.25) is 0 Å². The van der Waals surface area contributed by atoms with Crippen LogP contribution in [0.5, 0.6) is 11.5 Å². The highest BCUT2D eigenvalue weighted by Gasteiger charge is 2.19. The normalized spacial score (nSPS) is 15.3. The van der Waals surface area contributed by atoms with E-state index in [1.165, 1.54) is 5.69 Å². The summed E-state index contributed by atoms with van der Waals surface area (Å²) in [5.74, 6) is 1.80. The molecule has 1 aliphatic heterocycles. The number of nitrogens with zero attached hydrogens (tertiary/aromatic N) is 1. The standard InChI is InChI=1S/C19H24N2O2/c1-22-18-8-6-17(7-9-18)21-12-10-15(11-13-21)20-16-4-3-5-19(14-16)23-2/h3-9,14-15,20H,10-13H2,1-2H3. The van der Waals surface area contributed by atoms with Crippen LogP contribution in [0.3, 0.4) is 0 Å². The summed E-state index contributed by atoms with van der Waals surface area (Å²) in [7, 11) is 3.40. The quantitative estimate of drug-likeness (QED) is 0.911. The molecule has 0 aliphatic carbocycles. The van der Waals surface area contributed by atoms with Crippen LogP contribution < -0.4 is 19.7 Å². The van der Waals surface area contributed by atoms with Gasteiger partial charge in [0.15, 0.2) is 0 Å². The molecule has 3 rings (SSSR count). The average molecular weight is 312 g/mol. The molecule has 1 heterocycles. The first-order valence-electron chi connectivity index (χ1n) is 8.08. The van der Waals surface area contributed by atoms with Crippen molar-refractivity contribution in [1.82, 2.24) is 0 Å². The van der Waals surface area contributed by atoms with Crippen molar-refractivity contribution in [3.05, 3.63) is 48.5 Å². The summed E-state index contributed by atoms with van der Waals surface area (Å²) < 4.78 is 10.5. The van der Waals surface area contributed by atoms with E-state index in [-0.39, 0.29) is 0 Å². The Morgan fingerprint density at radius 1 is 0.913 bits per heavy atom. The summed E-state index contributed by atoms with van der Waals surface area (Å²) in [5.41, 5.74) is 2.40. The molecule has 23 heavy (non-hydrogen) atoms. The van der Waals surface area contributed by atoms with Gasteiger partial charge in [-0.15, -0.1) is 0 Å². The molecule has 1 saturated heterocycles. The van der Waals surface area contributed by atoms with E-state index in [1.807, 2.05) is 24.3 Å². The minimum atomic E-state index is 0.511. The summed E-state index contributed by atoms with van der Waals surface area (Å²) in [6.07, 6.45) is 2.26. The third-order valence-electron chi connectivity index (χ3n) is 4.37. The zero-order chi connectivity index (χ0) is 16.1. The molecule has 4 heteroatoms. The van der Waals surface area contributed by atoms with Gasteiger partial charge >= 0.3 is 0 Å². The van der Waals surface area contributed by atoms with Gasteiger partial charge in [0, 0.05) is 36.6 Å². The lowest BCUT2D eigenvalue weighted by Gasteiger charge is -2.34. The Morgan fingerprint density at radius 2 is 1.61 bits per heavy atom. The Bertz CT molecular complexity index is 620.